The third-order valence-corrected chi connectivity index (χ3v) is 6.72. The number of anilines is 1. The summed E-state index contributed by atoms with van der Waals surface area (Å²) in [6.07, 6.45) is 9.49. The van der Waals surface area contributed by atoms with Gasteiger partial charge in [-0.1, -0.05) is 25.1 Å². The molecule has 1 aliphatic carbocycles. The highest BCUT2D eigenvalue weighted by molar-refractivity contribution is 6.01. The van der Waals surface area contributed by atoms with Gasteiger partial charge in [0, 0.05) is 36.0 Å². The van der Waals surface area contributed by atoms with Gasteiger partial charge < -0.3 is 10.2 Å². The van der Waals surface area contributed by atoms with Crippen LogP contribution < -0.4 is 5.32 Å². The van der Waals surface area contributed by atoms with Crippen molar-refractivity contribution in [2.45, 2.75) is 64.3 Å². The van der Waals surface area contributed by atoms with Crippen molar-refractivity contribution in [2.75, 3.05) is 11.9 Å². The van der Waals surface area contributed by atoms with Gasteiger partial charge >= 0.3 is 0 Å². The molecule has 1 aromatic carbocycles. The van der Waals surface area contributed by atoms with Gasteiger partial charge in [0.1, 0.15) is 0 Å². The molecule has 0 bridgehead atoms. The number of carbonyl (C=O) groups is 2. The highest BCUT2D eigenvalue weighted by atomic mass is 16.2. The molecule has 4 rings (SSSR count). The van der Waals surface area contributed by atoms with E-state index in [0.29, 0.717) is 11.9 Å². The number of piperidine rings is 1. The van der Waals surface area contributed by atoms with E-state index in [1.54, 1.807) is 6.20 Å². The second kappa shape index (κ2) is 8.93. The molecular weight excluding hydrogens is 362 g/mol. The quantitative estimate of drug-likeness (QED) is 0.814. The second-order valence-corrected chi connectivity index (χ2v) is 8.51. The summed E-state index contributed by atoms with van der Waals surface area (Å²) in [5.74, 6) is 0.443. The van der Waals surface area contributed by atoms with Crippen LogP contribution in [0.25, 0.3) is 10.9 Å². The van der Waals surface area contributed by atoms with E-state index < -0.39 is 0 Å². The fourth-order valence-electron chi connectivity index (χ4n) is 4.99. The van der Waals surface area contributed by atoms with Gasteiger partial charge in [-0.2, -0.15) is 0 Å². The molecule has 1 unspecified atom stereocenters. The van der Waals surface area contributed by atoms with Gasteiger partial charge in [0.15, 0.2) is 0 Å². The average Bonchev–Trinajstić information content (AvgIpc) is 2.79. The van der Waals surface area contributed by atoms with Gasteiger partial charge in [-0.15, -0.1) is 0 Å². The van der Waals surface area contributed by atoms with Crippen LogP contribution in [0.4, 0.5) is 5.69 Å². The molecule has 1 saturated heterocycles. The van der Waals surface area contributed by atoms with Crippen molar-refractivity contribution in [1.29, 1.82) is 0 Å². The van der Waals surface area contributed by atoms with Crippen molar-refractivity contribution >= 4 is 28.4 Å². The number of hydrogen-bond acceptors (Lipinski definition) is 3. The number of nitrogens with zero attached hydrogens (tertiary/aromatic N) is 2. The number of nitrogens with one attached hydrogen (secondary N) is 1. The van der Waals surface area contributed by atoms with Crippen LogP contribution in [0.2, 0.25) is 0 Å². The second-order valence-electron chi connectivity index (χ2n) is 8.51. The minimum Gasteiger partial charge on any atom is -0.339 e. The van der Waals surface area contributed by atoms with Gasteiger partial charge in [0.05, 0.1) is 11.2 Å². The first-order valence-electron chi connectivity index (χ1n) is 11.1. The van der Waals surface area contributed by atoms with E-state index >= 15 is 0 Å². The normalized spacial score (nSPS) is 25.0. The fraction of sp³-hybridized carbons (Fsp3) is 0.542. The van der Waals surface area contributed by atoms with Gasteiger partial charge in [-0.05, 0) is 63.5 Å². The minimum atomic E-state index is -0.0265. The zero-order valence-corrected chi connectivity index (χ0v) is 17.3. The number of pyridine rings is 1. The molecular formula is C24H31N3O2. The monoisotopic (exact) mass is 393 g/mol. The number of benzene rings is 1. The predicted molar refractivity (Wildman–Crippen MR) is 115 cm³/mol. The van der Waals surface area contributed by atoms with E-state index in [2.05, 4.69) is 22.1 Å². The maximum absolute atomic E-state index is 13.1. The molecule has 1 saturated carbocycles. The summed E-state index contributed by atoms with van der Waals surface area (Å²) in [5.41, 5.74) is 1.59. The number of rotatable bonds is 4. The molecule has 0 spiro atoms. The van der Waals surface area contributed by atoms with Crippen molar-refractivity contribution in [3.05, 3.63) is 36.5 Å². The Morgan fingerprint density at radius 3 is 2.59 bits per heavy atom. The Kier molecular flexibility index (Phi) is 6.12. The van der Waals surface area contributed by atoms with E-state index in [-0.39, 0.29) is 17.7 Å². The van der Waals surface area contributed by atoms with Gasteiger partial charge in [-0.25, -0.2) is 0 Å². The van der Waals surface area contributed by atoms with Crippen molar-refractivity contribution in [3.8, 4) is 0 Å². The Morgan fingerprint density at radius 1 is 1.03 bits per heavy atom. The summed E-state index contributed by atoms with van der Waals surface area (Å²) >= 11 is 0. The largest absolute Gasteiger partial charge is 0.339 e. The lowest BCUT2D eigenvalue weighted by Gasteiger charge is -2.39. The van der Waals surface area contributed by atoms with Crippen molar-refractivity contribution in [3.63, 3.8) is 0 Å². The van der Waals surface area contributed by atoms with Crippen LogP contribution in [-0.4, -0.2) is 34.3 Å². The highest BCUT2D eigenvalue weighted by Crippen LogP contribution is 2.33. The van der Waals surface area contributed by atoms with Crippen molar-refractivity contribution in [2.24, 2.45) is 11.8 Å². The lowest BCUT2D eigenvalue weighted by Crippen LogP contribution is -2.47. The van der Waals surface area contributed by atoms with E-state index in [9.17, 15) is 9.59 Å². The summed E-state index contributed by atoms with van der Waals surface area (Å²) in [6, 6.07) is 10.2. The van der Waals surface area contributed by atoms with Crippen LogP contribution in [0, 0.1) is 11.8 Å². The first-order valence-corrected chi connectivity index (χ1v) is 11.1. The molecule has 1 aliphatic heterocycles. The van der Waals surface area contributed by atoms with Crippen molar-refractivity contribution in [1.82, 2.24) is 9.88 Å². The molecule has 2 amide bonds. The van der Waals surface area contributed by atoms with Gasteiger partial charge in [0.2, 0.25) is 11.8 Å². The summed E-state index contributed by atoms with van der Waals surface area (Å²) in [7, 11) is 0. The number of likely N-dealkylation sites (tertiary alicyclic amines) is 1. The first kappa shape index (κ1) is 19.9. The molecule has 2 heterocycles. The van der Waals surface area contributed by atoms with Crippen LogP contribution in [0.15, 0.2) is 36.5 Å². The number of fused-ring (bicyclic) bond motifs is 1. The summed E-state index contributed by atoms with van der Waals surface area (Å²) in [5, 5.41) is 4.10. The fourth-order valence-corrected chi connectivity index (χ4v) is 4.99. The summed E-state index contributed by atoms with van der Waals surface area (Å²) in [4.78, 5) is 32.5. The maximum atomic E-state index is 13.1. The lowest BCUT2D eigenvalue weighted by atomic mass is 9.80. The van der Waals surface area contributed by atoms with Crippen LogP contribution >= 0.6 is 0 Å². The highest BCUT2D eigenvalue weighted by Gasteiger charge is 2.35. The SMILES string of the molecule is CCC1CCCCN1C(=O)C1CCC(C(=O)Nc2cccc3cccnc23)CC1. The minimum absolute atomic E-state index is 0.0265. The standard InChI is InChI=1S/C24H31N3O2/c1-2-20-9-3-4-16-27(20)24(29)19-13-11-18(12-14-19)23(28)26-21-10-5-7-17-8-6-15-25-22(17)21/h5-8,10,15,18-20H,2-4,9,11-14,16H2,1H3,(H,26,28). The molecule has 2 fully saturated rings. The van der Waals surface area contributed by atoms with Crippen molar-refractivity contribution < 1.29 is 9.59 Å². The molecule has 2 aliphatic rings. The van der Waals surface area contributed by atoms with E-state index in [4.69, 9.17) is 0 Å². The number of aromatic nitrogens is 1. The molecule has 154 valence electrons. The summed E-state index contributed by atoms with van der Waals surface area (Å²) < 4.78 is 0. The van der Waals surface area contributed by atoms with Crippen LogP contribution in [-0.2, 0) is 9.59 Å². The molecule has 2 aromatic rings. The molecule has 0 radical (unpaired) electrons. The van der Waals surface area contributed by atoms with Crippen LogP contribution in [0.3, 0.4) is 0 Å². The Balaban J connectivity index is 1.35. The van der Waals surface area contributed by atoms with E-state index in [1.807, 2.05) is 30.3 Å². The predicted octanol–water partition coefficient (Wildman–Crippen LogP) is 4.77. The molecule has 1 atom stereocenters. The van der Waals surface area contributed by atoms with E-state index in [0.717, 1.165) is 68.1 Å². The topological polar surface area (TPSA) is 62.3 Å². The average molecular weight is 394 g/mol. The van der Waals surface area contributed by atoms with Gasteiger partial charge in [0.25, 0.3) is 0 Å². The molecule has 5 nitrogen and oxygen atoms in total. The molecule has 1 aromatic heterocycles. The molecule has 1 N–H and O–H groups in total. The number of para-hydroxylation sites is 1. The molecule has 29 heavy (non-hydrogen) atoms. The zero-order chi connectivity index (χ0) is 20.2. The Bertz CT molecular complexity index is 868. The smallest absolute Gasteiger partial charge is 0.227 e. The first-order chi connectivity index (χ1) is 14.2. The zero-order valence-electron chi connectivity index (χ0n) is 17.3. The molecule has 5 heteroatoms. The maximum Gasteiger partial charge on any atom is 0.227 e. The van der Waals surface area contributed by atoms with Crippen LogP contribution in [0.1, 0.15) is 58.3 Å². The van der Waals surface area contributed by atoms with Gasteiger partial charge in [-0.3, -0.25) is 14.6 Å². The Morgan fingerprint density at radius 2 is 1.79 bits per heavy atom. The third kappa shape index (κ3) is 4.29. The number of hydrogen-bond donors (Lipinski definition) is 1. The Labute approximate surface area is 172 Å². The third-order valence-electron chi connectivity index (χ3n) is 6.72. The Hall–Kier alpha value is -2.43. The lowest BCUT2D eigenvalue weighted by molar-refractivity contribution is -0.141. The van der Waals surface area contributed by atoms with Crippen LogP contribution in [0.5, 0.6) is 0 Å². The number of carbonyl (C=O) groups excluding carboxylic acids is 2. The van der Waals surface area contributed by atoms with E-state index in [1.165, 1.54) is 6.42 Å². The number of amides is 2. The summed E-state index contributed by atoms with van der Waals surface area (Å²) in [6.45, 7) is 3.09.